The first-order valence-electron chi connectivity index (χ1n) is 2.24. The van der Waals surface area contributed by atoms with E-state index in [2.05, 4.69) is 0 Å². The summed E-state index contributed by atoms with van der Waals surface area (Å²) in [7, 11) is -0.930. The van der Waals surface area contributed by atoms with E-state index in [9.17, 15) is 8.42 Å². The molecule has 0 atom stereocenters. The third-order valence-electron chi connectivity index (χ3n) is 0.731. The van der Waals surface area contributed by atoms with Gasteiger partial charge in [0.25, 0.3) is 0 Å². The van der Waals surface area contributed by atoms with E-state index in [4.69, 9.17) is 5.73 Å². The molecule has 5 heteroatoms. The van der Waals surface area contributed by atoms with Gasteiger partial charge in [0.05, 0.1) is 0 Å². The average Bonchev–Trinajstić information content (AvgIpc) is 1.67. The van der Waals surface area contributed by atoms with Gasteiger partial charge >= 0.3 is 0 Å². The zero-order valence-electron chi connectivity index (χ0n) is 4.70. The number of thiol groups is 1. The van der Waals surface area contributed by atoms with E-state index in [0.717, 1.165) is 0 Å². The number of likely N-dealkylation sites (N-methyl/N-ethyl adjacent to an activating group) is 1. The van der Waals surface area contributed by atoms with Crippen LogP contribution in [0.4, 0.5) is 0 Å². The number of nitrogens with zero attached hydrogens (tertiary/aromatic N) is 1. The lowest BCUT2D eigenvalue weighted by molar-refractivity contribution is 0.496. The van der Waals surface area contributed by atoms with E-state index in [1.165, 1.54) is 11.4 Å². The molecule has 8 heavy (non-hydrogen) atoms. The number of rotatable bonds is 3. The Morgan fingerprint density at radius 2 is 2.12 bits per heavy atom. The summed E-state index contributed by atoms with van der Waals surface area (Å²) < 4.78 is 21.2. The molecule has 0 radical (unpaired) electrons. The second kappa shape index (κ2) is 3.82. The largest absolute Gasteiger partial charge is 0.329 e. The number of hydrogen-bond acceptors (Lipinski definition) is 3. The first-order chi connectivity index (χ1) is 3.68. The van der Waals surface area contributed by atoms with Gasteiger partial charge in [0.15, 0.2) is 0 Å². The van der Waals surface area contributed by atoms with Crippen LogP contribution in [-0.4, -0.2) is 32.9 Å². The van der Waals surface area contributed by atoms with Gasteiger partial charge in [0.2, 0.25) is 10.9 Å². The molecule has 0 aromatic carbocycles. The molecule has 50 valence electrons. The van der Waals surface area contributed by atoms with Crippen molar-refractivity contribution < 1.29 is 8.42 Å². The highest BCUT2D eigenvalue weighted by Crippen LogP contribution is 1.75. The summed E-state index contributed by atoms with van der Waals surface area (Å²) in [5.41, 5.74) is 5.06. The van der Waals surface area contributed by atoms with Crippen molar-refractivity contribution in [2.75, 3.05) is 20.1 Å². The normalized spacial score (nSPS) is 11.0. The van der Waals surface area contributed by atoms with Gasteiger partial charge in [-0.3, -0.25) is 0 Å². The molecule has 0 rings (SSSR count). The van der Waals surface area contributed by atoms with Crippen LogP contribution in [0.1, 0.15) is 0 Å². The zero-order valence-corrected chi connectivity index (χ0v) is 5.60. The molecule has 0 aromatic heterocycles. The first-order valence-corrected chi connectivity index (χ1v) is 3.37. The molecule has 0 spiro atoms. The van der Waals surface area contributed by atoms with E-state index >= 15 is 0 Å². The Balaban J connectivity index is 3.48. The van der Waals surface area contributed by atoms with E-state index in [1.807, 2.05) is 0 Å². The molecular weight excluding hydrogens is 128 g/mol. The van der Waals surface area contributed by atoms with Crippen molar-refractivity contribution in [1.82, 2.24) is 4.31 Å². The zero-order chi connectivity index (χ0) is 6.57. The molecule has 0 aliphatic heterocycles. The molecule has 0 aliphatic rings. The molecule has 0 saturated heterocycles. The maximum absolute atomic E-state index is 10.00. The Labute approximate surface area is 50.4 Å². The van der Waals surface area contributed by atoms with Crippen LogP contribution in [0.5, 0.6) is 0 Å². The maximum atomic E-state index is 10.00. The van der Waals surface area contributed by atoms with Gasteiger partial charge in [-0.25, -0.2) is 12.7 Å². The SMILES string of the molecule is CN(CCN)[SH](=O)=O. The van der Waals surface area contributed by atoms with Crippen molar-refractivity contribution >= 4 is 10.9 Å². The fourth-order valence-corrected chi connectivity index (χ4v) is 0.547. The van der Waals surface area contributed by atoms with Gasteiger partial charge in [0.1, 0.15) is 0 Å². The molecule has 0 heterocycles. The van der Waals surface area contributed by atoms with E-state index < -0.39 is 10.9 Å². The van der Waals surface area contributed by atoms with Gasteiger partial charge in [0, 0.05) is 20.1 Å². The quantitative estimate of drug-likeness (QED) is 0.462. The highest BCUT2D eigenvalue weighted by Gasteiger charge is 1.93. The van der Waals surface area contributed by atoms with Crippen molar-refractivity contribution in [3.05, 3.63) is 0 Å². The molecule has 0 unspecified atom stereocenters. The molecule has 0 aliphatic carbocycles. The van der Waals surface area contributed by atoms with Crippen molar-refractivity contribution in [1.29, 1.82) is 0 Å². The minimum Gasteiger partial charge on any atom is -0.329 e. The lowest BCUT2D eigenvalue weighted by Crippen LogP contribution is -2.23. The summed E-state index contributed by atoms with van der Waals surface area (Å²) in [4.78, 5) is 0. The van der Waals surface area contributed by atoms with E-state index in [0.29, 0.717) is 13.1 Å². The molecule has 0 saturated carbocycles. The highest BCUT2D eigenvalue weighted by molar-refractivity contribution is 7.69. The van der Waals surface area contributed by atoms with Gasteiger partial charge in [-0.2, -0.15) is 0 Å². The summed E-state index contributed by atoms with van der Waals surface area (Å²) >= 11 is 0. The lowest BCUT2D eigenvalue weighted by Gasteiger charge is -2.03. The summed E-state index contributed by atoms with van der Waals surface area (Å²) in [5.74, 6) is 0. The topological polar surface area (TPSA) is 63.4 Å². The standard InChI is InChI=1S/C3H10N2O2S/c1-5(3-2-4)8(6)7/h8H,2-4H2,1H3. The molecule has 0 aromatic rings. The first kappa shape index (κ1) is 7.87. The smallest absolute Gasteiger partial charge is 0.203 e. The number of hydrogen-bond donors (Lipinski definition) is 2. The Morgan fingerprint density at radius 1 is 1.62 bits per heavy atom. The van der Waals surface area contributed by atoms with E-state index in [1.54, 1.807) is 0 Å². The fourth-order valence-electron chi connectivity index (χ4n) is 0.268. The second-order valence-corrected chi connectivity index (χ2v) is 2.57. The Morgan fingerprint density at radius 3 is 2.25 bits per heavy atom. The van der Waals surface area contributed by atoms with E-state index in [-0.39, 0.29) is 0 Å². The van der Waals surface area contributed by atoms with Crippen LogP contribution in [0.2, 0.25) is 0 Å². The molecule has 2 N–H and O–H groups in total. The average molecular weight is 138 g/mol. The lowest BCUT2D eigenvalue weighted by atomic mass is 10.7. The maximum Gasteiger partial charge on any atom is 0.203 e. The third-order valence-corrected chi connectivity index (χ3v) is 1.49. The second-order valence-electron chi connectivity index (χ2n) is 1.41. The molecule has 4 nitrogen and oxygen atoms in total. The number of nitrogens with two attached hydrogens (primary N) is 1. The van der Waals surface area contributed by atoms with Crippen molar-refractivity contribution in [3.63, 3.8) is 0 Å². The minimum atomic E-state index is -2.41. The Kier molecular flexibility index (Phi) is 3.76. The van der Waals surface area contributed by atoms with Crippen molar-refractivity contribution in [2.24, 2.45) is 5.73 Å². The Hall–Kier alpha value is -0.130. The van der Waals surface area contributed by atoms with Crippen molar-refractivity contribution in [3.8, 4) is 0 Å². The molecule has 0 bridgehead atoms. The van der Waals surface area contributed by atoms with Gasteiger partial charge < -0.3 is 5.73 Å². The summed E-state index contributed by atoms with van der Waals surface area (Å²) in [6.45, 7) is 0.776. The molecule has 0 amide bonds. The van der Waals surface area contributed by atoms with Crippen LogP contribution in [-0.2, 0) is 10.9 Å². The summed E-state index contributed by atoms with van der Waals surface area (Å²) in [6.07, 6.45) is 0. The van der Waals surface area contributed by atoms with Crippen LogP contribution >= 0.6 is 0 Å². The predicted molar refractivity (Wildman–Crippen MR) is 32.0 cm³/mol. The van der Waals surface area contributed by atoms with Gasteiger partial charge in [-0.1, -0.05) is 0 Å². The van der Waals surface area contributed by atoms with Crippen LogP contribution < -0.4 is 5.73 Å². The summed E-state index contributed by atoms with van der Waals surface area (Å²) in [6, 6.07) is 0. The van der Waals surface area contributed by atoms with Gasteiger partial charge in [-0.15, -0.1) is 0 Å². The van der Waals surface area contributed by atoms with Crippen molar-refractivity contribution in [2.45, 2.75) is 0 Å². The van der Waals surface area contributed by atoms with Crippen LogP contribution in [0.25, 0.3) is 0 Å². The molecule has 0 fully saturated rings. The summed E-state index contributed by atoms with van der Waals surface area (Å²) in [5, 5.41) is 0. The third kappa shape index (κ3) is 2.95. The predicted octanol–water partition coefficient (Wildman–Crippen LogP) is -1.60. The fraction of sp³-hybridized carbons (Fsp3) is 1.00. The van der Waals surface area contributed by atoms with Crippen LogP contribution in [0.15, 0.2) is 0 Å². The molecular formula is C3H10N2O2S. The Bertz CT molecular complexity index is 114. The minimum absolute atomic E-state index is 0.375. The van der Waals surface area contributed by atoms with Crippen LogP contribution in [0.3, 0.4) is 0 Å². The van der Waals surface area contributed by atoms with Crippen LogP contribution in [0, 0.1) is 0 Å². The van der Waals surface area contributed by atoms with Gasteiger partial charge in [-0.05, 0) is 0 Å². The monoisotopic (exact) mass is 138 g/mol. The highest BCUT2D eigenvalue weighted by atomic mass is 32.2.